The van der Waals surface area contributed by atoms with Gasteiger partial charge in [-0.05, 0) is 18.2 Å². The lowest BCUT2D eigenvalue weighted by molar-refractivity contribution is -0.131. The SMILES string of the molecule is COc1cc(O[C@@H]2CO[C@@H](C(=O)Nc3cnn(CC(=O)N(C)CCOc4cccc(F)c4)c3)C2)ccn1. The van der Waals surface area contributed by atoms with Crippen LogP contribution in [0.2, 0.25) is 0 Å². The van der Waals surface area contributed by atoms with Crippen molar-refractivity contribution in [3.63, 3.8) is 0 Å². The molecule has 2 amide bonds. The molecule has 0 saturated carbocycles. The maximum atomic E-state index is 13.2. The van der Waals surface area contributed by atoms with Crippen molar-refractivity contribution in [1.29, 1.82) is 0 Å². The van der Waals surface area contributed by atoms with Gasteiger partial charge in [0.15, 0.2) is 0 Å². The van der Waals surface area contributed by atoms with Crippen LogP contribution in [-0.2, 0) is 20.9 Å². The maximum absolute atomic E-state index is 13.2. The van der Waals surface area contributed by atoms with Crippen LogP contribution in [-0.4, -0.2) is 77.6 Å². The molecule has 196 valence electrons. The normalized spacial score (nSPS) is 16.7. The van der Waals surface area contributed by atoms with E-state index < -0.39 is 6.10 Å². The average molecular weight is 514 g/mol. The molecule has 1 aromatic carbocycles. The highest BCUT2D eigenvalue weighted by atomic mass is 19.1. The summed E-state index contributed by atoms with van der Waals surface area (Å²) in [5.41, 5.74) is 0.446. The molecule has 3 heterocycles. The smallest absolute Gasteiger partial charge is 0.253 e. The van der Waals surface area contributed by atoms with Gasteiger partial charge in [-0.25, -0.2) is 9.37 Å². The van der Waals surface area contributed by atoms with E-state index in [2.05, 4.69) is 15.4 Å². The molecule has 1 aliphatic rings. The number of likely N-dealkylation sites (N-methyl/N-ethyl adjacent to an activating group) is 1. The molecule has 1 fully saturated rings. The number of hydrogen-bond acceptors (Lipinski definition) is 8. The Kier molecular flexibility index (Phi) is 8.52. The number of carbonyl (C=O) groups excluding carboxylic acids is 2. The summed E-state index contributed by atoms with van der Waals surface area (Å²) in [6, 6.07) is 9.19. The van der Waals surface area contributed by atoms with Gasteiger partial charge in [0.05, 0.1) is 32.1 Å². The van der Waals surface area contributed by atoms with Crippen LogP contribution in [0.25, 0.3) is 0 Å². The Hall–Kier alpha value is -4.19. The molecule has 0 spiro atoms. The van der Waals surface area contributed by atoms with Crippen LogP contribution in [0.3, 0.4) is 0 Å². The van der Waals surface area contributed by atoms with E-state index in [9.17, 15) is 14.0 Å². The number of aromatic nitrogens is 3. The predicted octanol–water partition coefficient (Wildman–Crippen LogP) is 2.14. The van der Waals surface area contributed by atoms with Crippen molar-refractivity contribution in [2.45, 2.75) is 25.2 Å². The molecule has 0 radical (unpaired) electrons. The van der Waals surface area contributed by atoms with E-state index in [4.69, 9.17) is 18.9 Å². The first kappa shape index (κ1) is 25.9. The number of halogens is 1. The van der Waals surface area contributed by atoms with Crippen LogP contribution < -0.4 is 19.5 Å². The number of ether oxygens (including phenoxy) is 4. The molecular formula is C25H28FN5O6. The summed E-state index contributed by atoms with van der Waals surface area (Å²) in [6.07, 6.45) is 4.02. The molecule has 1 aliphatic heterocycles. The third-order valence-electron chi connectivity index (χ3n) is 5.59. The number of pyridine rings is 1. The largest absolute Gasteiger partial charge is 0.492 e. The first-order valence-electron chi connectivity index (χ1n) is 11.6. The number of methoxy groups -OCH3 is 1. The highest BCUT2D eigenvalue weighted by Gasteiger charge is 2.32. The molecule has 2 aromatic heterocycles. The number of nitrogens with zero attached hydrogens (tertiary/aromatic N) is 4. The predicted molar refractivity (Wildman–Crippen MR) is 130 cm³/mol. The van der Waals surface area contributed by atoms with Gasteiger partial charge in [-0.2, -0.15) is 5.10 Å². The Balaban J connectivity index is 1.19. The van der Waals surface area contributed by atoms with Gasteiger partial charge in [-0.1, -0.05) is 6.07 Å². The zero-order valence-corrected chi connectivity index (χ0v) is 20.5. The van der Waals surface area contributed by atoms with Crippen LogP contribution >= 0.6 is 0 Å². The molecule has 3 aromatic rings. The second-order valence-electron chi connectivity index (χ2n) is 8.37. The van der Waals surface area contributed by atoms with Gasteiger partial charge in [-0.3, -0.25) is 14.3 Å². The average Bonchev–Trinajstić information content (AvgIpc) is 3.53. The Morgan fingerprint density at radius 1 is 1.27 bits per heavy atom. The number of rotatable bonds is 11. The summed E-state index contributed by atoms with van der Waals surface area (Å²) in [6.45, 7) is 0.783. The highest BCUT2D eigenvalue weighted by Crippen LogP contribution is 2.23. The highest BCUT2D eigenvalue weighted by molar-refractivity contribution is 5.94. The summed E-state index contributed by atoms with van der Waals surface area (Å²) in [5, 5.41) is 6.90. The van der Waals surface area contributed by atoms with E-state index in [1.54, 1.807) is 43.7 Å². The minimum absolute atomic E-state index is 0.0163. The summed E-state index contributed by atoms with van der Waals surface area (Å²) in [5.74, 6) is 0.506. The monoisotopic (exact) mass is 513 g/mol. The second-order valence-corrected chi connectivity index (χ2v) is 8.37. The fourth-order valence-corrected chi connectivity index (χ4v) is 3.61. The van der Waals surface area contributed by atoms with Crippen LogP contribution in [0.5, 0.6) is 17.4 Å². The molecule has 37 heavy (non-hydrogen) atoms. The Labute approximate surface area is 213 Å². The van der Waals surface area contributed by atoms with Gasteiger partial charge in [0.25, 0.3) is 5.91 Å². The van der Waals surface area contributed by atoms with Crippen molar-refractivity contribution >= 4 is 17.5 Å². The fourth-order valence-electron chi connectivity index (χ4n) is 3.61. The lowest BCUT2D eigenvalue weighted by Crippen LogP contribution is -2.33. The molecule has 0 unspecified atom stereocenters. The first-order valence-corrected chi connectivity index (χ1v) is 11.6. The van der Waals surface area contributed by atoms with E-state index in [0.717, 1.165) is 0 Å². The fraction of sp³-hybridized carbons (Fsp3) is 0.360. The van der Waals surface area contributed by atoms with Gasteiger partial charge in [0, 0.05) is 38.0 Å². The molecule has 0 aliphatic carbocycles. The molecule has 12 heteroatoms. The lowest BCUT2D eigenvalue weighted by Gasteiger charge is -2.17. The molecular weight excluding hydrogens is 485 g/mol. The van der Waals surface area contributed by atoms with E-state index >= 15 is 0 Å². The number of benzene rings is 1. The molecule has 0 bridgehead atoms. The van der Waals surface area contributed by atoms with Crippen molar-refractivity contribution in [3.05, 3.63) is 60.8 Å². The second kappa shape index (κ2) is 12.2. The van der Waals surface area contributed by atoms with Gasteiger partial charge in [0.1, 0.15) is 42.7 Å². The van der Waals surface area contributed by atoms with E-state index in [0.29, 0.717) is 36.0 Å². The van der Waals surface area contributed by atoms with Crippen molar-refractivity contribution in [1.82, 2.24) is 19.7 Å². The first-order chi connectivity index (χ1) is 17.9. The van der Waals surface area contributed by atoms with Crippen LogP contribution in [0.4, 0.5) is 10.1 Å². The van der Waals surface area contributed by atoms with Crippen molar-refractivity contribution in [2.75, 3.05) is 39.2 Å². The quantitative estimate of drug-likeness (QED) is 0.415. The lowest BCUT2D eigenvalue weighted by atomic mass is 10.2. The number of carbonyl (C=O) groups is 2. The van der Waals surface area contributed by atoms with Gasteiger partial charge in [0.2, 0.25) is 11.8 Å². The maximum Gasteiger partial charge on any atom is 0.253 e. The topological polar surface area (TPSA) is 117 Å². The Morgan fingerprint density at radius 3 is 2.95 bits per heavy atom. The summed E-state index contributed by atoms with van der Waals surface area (Å²) < 4.78 is 36.7. The van der Waals surface area contributed by atoms with Crippen molar-refractivity contribution in [3.8, 4) is 17.4 Å². The summed E-state index contributed by atoms with van der Waals surface area (Å²) in [4.78, 5) is 30.7. The number of anilines is 1. The molecule has 1 saturated heterocycles. The van der Waals surface area contributed by atoms with Crippen LogP contribution in [0.1, 0.15) is 6.42 Å². The zero-order chi connectivity index (χ0) is 26.2. The van der Waals surface area contributed by atoms with Gasteiger partial charge in [-0.15, -0.1) is 0 Å². The van der Waals surface area contributed by atoms with Crippen LogP contribution in [0, 0.1) is 5.82 Å². The Morgan fingerprint density at radius 2 is 2.14 bits per heavy atom. The molecule has 1 N–H and O–H groups in total. The minimum atomic E-state index is -0.678. The van der Waals surface area contributed by atoms with E-state index in [1.807, 2.05) is 0 Å². The minimum Gasteiger partial charge on any atom is -0.492 e. The molecule has 11 nitrogen and oxygen atoms in total. The van der Waals surface area contributed by atoms with Crippen molar-refractivity contribution < 1.29 is 32.9 Å². The zero-order valence-electron chi connectivity index (χ0n) is 20.5. The Bertz CT molecular complexity index is 1220. The molecule has 2 atom stereocenters. The standard InChI is InChI=1S/C25H28FN5O6/c1-30(8-9-35-19-5-3-4-17(26)10-19)24(32)15-31-14-18(13-28-31)29-25(33)22-11-21(16-36-22)37-20-6-7-27-23(12-20)34-2/h3-7,10,12-14,21-22H,8-9,11,15-16H2,1-2H3,(H,29,33)/t21-,22+/m0/s1. The van der Waals surface area contributed by atoms with Gasteiger partial charge < -0.3 is 29.2 Å². The third kappa shape index (κ3) is 7.40. The van der Waals surface area contributed by atoms with Gasteiger partial charge >= 0.3 is 0 Å². The van der Waals surface area contributed by atoms with Crippen LogP contribution in [0.15, 0.2) is 55.0 Å². The summed E-state index contributed by atoms with van der Waals surface area (Å²) in [7, 11) is 3.16. The molecule has 4 rings (SSSR count). The van der Waals surface area contributed by atoms with E-state index in [1.165, 1.54) is 35.0 Å². The third-order valence-corrected chi connectivity index (χ3v) is 5.59. The number of nitrogens with one attached hydrogen (secondary N) is 1. The van der Waals surface area contributed by atoms with Crippen molar-refractivity contribution in [2.24, 2.45) is 0 Å². The van der Waals surface area contributed by atoms with E-state index in [-0.39, 0.29) is 43.5 Å². The number of amides is 2. The number of hydrogen-bond donors (Lipinski definition) is 1. The summed E-state index contributed by atoms with van der Waals surface area (Å²) >= 11 is 0.